The Morgan fingerprint density at radius 3 is 2.92 bits per heavy atom. The summed E-state index contributed by atoms with van der Waals surface area (Å²) in [7, 11) is 1.43. The van der Waals surface area contributed by atoms with Gasteiger partial charge in [0.05, 0.1) is 13.0 Å². The summed E-state index contributed by atoms with van der Waals surface area (Å²) in [5.74, 6) is -0.0633. The zero-order valence-corrected chi connectivity index (χ0v) is 7.93. The SMILES string of the molecule is COC(=O)[C@H]1CCC[C@@H](NCl)C1. The van der Waals surface area contributed by atoms with Crippen molar-refractivity contribution in [1.82, 2.24) is 4.84 Å². The fourth-order valence-electron chi connectivity index (χ4n) is 1.67. The number of nitrogens with one attached hydrogen (secondary N) is 1. The summed E-state index contributed by atoms with van der Waals surface area (Å²) in [6.45, 7) is 0. The topological polar surface area (TPSA) is 38.3 Å². The van der Waals surface area contributed by atoms with E-state index in [1.54, 1.807) is 0 Å². The van der Waals surface area contributed by atoms with Gasteiger partial charge in [0.15, 0.2) is 0 Å². The highest BCUT2D eigenvalue weighted by Gasteiger charge is 2.27. The molecule has 0 aromatic heterocycles. The average molecular weight is 192 g/mol. The van der Waals surface area contributed by atoms with Crippen molar-refractivity contribution in [3.05, 3.63) is 0 Å². The molecule has 0 heterocycles. The summed E-state index contributed by atoms with van der Waals surface area (Å²) in [6, 6.07) is 0.268. The molecule has 1 aliphatic carbocycles. The molecule has 1 aliphatic rings. The zero-order valence-electron chi connectivity index (χ0n) is 7.18. The van der Waals surface area contributed by atoms with E-state index in [1.165, 1.54) is 7.11 Å². The van der Waals surface area contributed by atoms with Gasteiger partial charge in [0.1, 0.15) is 0 Å². The second-order valence-corrected chi connectivity index (χ2v) is 3.41. The standard InChI is InChI=1S/C8H14ClNO2/c1-12-8(11)6-3-2-4-7(5-6)10-9/h6-7,10H,2-5H2,1H3/t6-,7+/m0/s1. The second-order valence-electron chi connectivity index (χ2n) is 3.19. The van der Waals surface area contributed by atoms with Crippen molar-refractivity contribution in [2.24, 2.45) is 5.92 Å². The maximum atomic E-state index is 11.1. The number of carbonyl (C=O) groups excluding carboxylic acids is 1. The third kappa shape index (κ3) is 2.35. The molecule has 0 aromatic carbocycles. The lowest BCUT2D eigenvalue weighted by Gasteiger charge is -2.25. The van der Waals surface area contributed by atoms with Gasteiger partial charge in [0.2, 0.25) is 0 Å². The predicted molar refractivity (Wildman–Crippen MR) is 46.8 cm³/mol. The van der Waals surface area contributed by atoms with E-state index in [-0.39, 0.29) is 17.9 Å². The number of hydrogen-bond donors (Lipinski definition) is 1. The van der Waals surface area contributed by atoms with E-state index in [2.05, 4.69) is 9.57 Å². The number of esters is 1. The van der Waals surface area contributed by atoms with Gasteiger partial charge in [0.25, 0.3) is 0 Å². The van der Waals surface area contributed by atoms with Crippen LogP contribution in [0, 0.1) is 5.92 Å². The minimum absolute atomic E-state index is 0.0417. The molecule has 2 atom stereocenters. The van der Waals surface area contributed by atoms with Crippen molar-refractivity contribution in [2.75, 3.05) is 7.11 Å². The van der Waals surface area contributed by atoms with Gasteiger partial charge in [-0.05, 0) is 31.0 Å². The highest BCUT2D eigenvalue weighted by atomic mass is 35.5. The van der Waals surface area contributed by atoms with E-state index in [1.807, 2.05) is 0 Å². The molecule has 0 aromatic rings. The number of rotatable bonds is 2. The van der Waals surface area contributed by atoms with Gasteiger partial charge in [-0.25, -0.2) is 4.84 Å². The third-order valence-corrected chi connectivity index (χ3v) is 2.67. The molecule has 0 radical (unpaired) electrons. The molecule has 1 rings (SSSR count). The summed E-state index contributed by atoms with van der Waals surface area (Å²) in [4.78, 5) is 13.8. The van der Waals surface area contributed by atoms with Crippen LogP contribution in [-0.2, 0) is 9.53 Å². The van der Waals surface area contributed by atoms with Crippen molar-refractivity contribution in [2.45, 2.75) is 31.7 Å². The molecule has 4 heteroatoms. The van der Waals surface area contributed by atoms with Gasteiger partial charge >= 0.3 is 5.97 Å². The number of hydrogen-bond acceptors (Lipinski definition) is 3. The molecule has 0 aliphatic heterocycles. The van der Waals surface area contributed by atoms with Crippen LogP contribution in [0.1, 0.15) is 25.7 Å². The maximum absolute atomic E-state index is 11.1. The fraction of sp³-hybridized carbons (Fsp3) is 0.875. The minimum atomic E-state index is -0.105. The summed E-state index contributed by atoms with van der Waals surface area (Å²) < 4.78 is 4.67. The molecule has 0 amide bonds. The molecule has 1 saturated carbocycles. The van der Waals surface area contributed by atoms with Gasteiger partial charge in [-0.15, -0.1) is 0 Å². The molecule has 1 fully saturated rings. The van der Waals surface area contributed by atoms with Crippen molar-refractivity contribution < 1.29 is 9.53 Å². The highest BCUT2D eigenvalue weighted by Crippen LogP contribution is 2.25. The van der Waals surface area contributed by atoms with E-state index in [4.69, 9.17) is 11.8 Å². The van der Waals surface area contributed by atoms with Crippen LogP contribution >= 0.6 is 11.8 Å². The van der Waals surface area contributed by atoms with Crippen molar-refractivity contribution in [1.29, 1.82) is 0 Å². The molecule has 3 nitrogen and oxygen atoms in total. The molecular formula is C8H14ClNO2. The monoisotopic (exact) mass is 191 g/mol. The largest absolute Gasteiger partial charge is 0.469 e. The lowest BCUT2D eigenvalue weighted by Crippen LogP contribution is -2.32. The first-order valence-corrected chi connectivity index (χ1v) is 4.59. The zero-order chi connectivity index (χ0) is 8.97. The minimum Gasteiger partial charge on any atom is -0.469 e. The summed E-state index contributed by atoms with van der Waals surface area (Å²) in [5.41, 5.74) is 0. The molecule has 70 valence electrons. The summed E-state index contributed by atoms with van der Waals surface area (Å²) >= 11 is 5.49. The first kappa shape index (κ1) is 9.81. The first-order chi connectivity index (χ1) is 5.77. The Labute approximate surface area is 77.5 Å². The van der Waals surface area contributed by atoms with Crippen LogP contribution in [0.15, 0.2) is 0 Å². The van der Waals surface area contributed by atoms with Crippen LogP contribution in [-0.4, -0.2) is 19.1 Å². The predicted octanol–water partition coefficient (Wildman–Crippen LogP) is 1.46. The van der Waals surface area contributed by atoms with Gasteiger partial charge in [-0.2, -0.15) is 0 Å². The number of ether oxygens (including phenoxy) is 1. The number of halogens is 1. The molecule has 0 saturated heterocycles. The third-order valence-electron chi connectivity index (χ3n) is 2.36. The van der Waals surface area contributed by atoms with Gasteiger partial charge in [-0.1, -0.05) is 6.42 Å². The van der Waals surface area contributed by atoms with E-state index >= 15 is 0 Å². The average Bonchev–Trinajstić information content (AvgIpc) is 2.17. The maximum Gasteiger partial charge on any atom is 0.308 e. The highest BCUT2D eigenvalue weighted by molar-refractivity contribution is 6.13. The Bertz CT molecular complexity index is 163. The van der Waals surface area contributed by atoms with E-state index in [9.17, 15) is 4.79 Å². The van der Waals surface area contributed by atoms with E-state index < -0.39 is 0 Å². The summed E-state index contributed by atoms with van der Waals surface area (Å²) in [5, 5.41) is 0. The molecule has 12 heavy (non-hydrogen) atoms. The lowest BCUT2D eigenvalue weighted by atomic mass is 9.86. The Kier molecular flexibility index (Phi) is 3.82. The molecule has 0 spiro atoms. The van der Waals surface area contributed by atoms with Crippen LogP contribution in [0.4, 0.5) is 0 Å². The Morgan fingerprint density at radius 2 is 2.33 bits per heavy atom. The number of methoxy groups -OCH3 is 1. The van der Waals surface area contributed by atoms with Crippen molar-refractivity contribution >= 4 is 17.7 Å². The Morgan fingerprint density at radius 1 is 1.58 bits per heavy atom. The lowest BCUT2D eigenvalue weighted by molar-refractivity contribution is -0.146. The Hall–Kier alpha value is -0.280. The van der Waals surface area contributed by atoms with Crippen LogP contribution in [0.5, 0.6) is 0 Å². The second kappa shape index (κ2) is 4.67. The van der Waals surface area contributed by atoms with Crippen molar-refractivity contribution in [3.8, 4) is 0 Å². The van der Waals surface area contributed by atoms with E-state index in [0.717, 1.165) is 25.7 Å². The van der Waals surface area contributed by atoms with Gasteiger partial charge in [0, 0.05) is 6.04 Å². The van der Waals surface area contributed by atoms with Crippen molar-refractivity contribution in [3.63, 3.8) is 0 Å². The quantitative estimate of drug-likeness (QED) is 0.531. The molecule has 1 N–H and O–H groups in total. The van der Waals surface area contributed by atoms with Crippen LogP contribution < -0.4 is 4.84 Å². The normalized spacial score (nSPS) is 29.8. The summed E-state index contributed by atoms with van der Waals surface area (Å²) in [6.07, 6.45) is 3.83. The van der Waals surface area contributed by atoms with Crippen LogP contribution in [0.3, 0.4) is 0 Å². The van der Waals surface area contributed by atoms with Crippen LogP contribution in [0.2, 0.25) is 0 Å². The Balaban J connectivity index is 2.40. The molecule has 0 unspecified atom stereocenters. The smallest absolute Gasteiger partial charge is 0.308 e. The van der Waals surface area contributed by atoms with Gasteiger partial charge < -0.3 is 4.74 Å². The number of carbonyl (C=O) groups is 1. The molecule has 0 bridgehead atoms. The van der Waals surface area contributed by atoms with Gasteiger partial charge in [-0.3, -0.25) is 4.79 Å². The molecular weight excluding hydrogens is 178 g/mol. The first-order valence-electron chi connectivity index (χ1n) is 4.22. The fourth-order valence-corrected chi connectivity index (χ4v) is 1.87. The van der Waals surface area contributed by atoms with E-state index in [0.29, 0.717) is 0 Å². The van der Waals surface area contributed by atoms with Crippen LogP contribution in [0.25, 0.3) is 0 Å².